The number of rotatable bonds is 3. The summed E-state index contributed by atoms with van der Waals surface area (Å²) in [5.41, 5.74) is 2.36. The first-order valence-corrected chi connectivity index (χ1v) is 10.1. The summed E-state index contributed by atoms with van der Waals surface area (Å²) in [5, 5.41) is 9.88. The van der Waals surface area contributed by atoms with Crippen LogP contribution in [0.1, 0.15) is 43.4 Å². The summed E-state index contributed by atoms with van der Waals surface area (Å²) in [5.74, 6) is 0.962. The van der Waals surface area contributed by atoms with Gasteiger partial charge in [-0.15, -0.1) is 0 Å². The van der Waals surface area contributed by atoms with Crippen LogP contribution in [0.2, 0.25) is 0 Å². The molecule has 7 nitrogen and oxygen atoms in total. The number of amides is 1. The molecule has 0 aliphatic carbocycles. The number of carbonyl (C=O) groups is 1. The van der Waals surface area contributed by atoms with Gasteiger partial charge in [0, 0.05) is 37.7 Å². The van der Waals surface area contributed by atoms with E-state index in [1.807, 2.05) is 0 Å². The van der Waals surface area contributed by atoms with E-state index in [-0.39, 0.29) is 11.9 Å². The number of hydrogen-bond acceptors (Lipinski definition) is 6. The molecule has 1 aromatic heterocycles. The molecule has 3 aliphatic heterocycles. The molecule has 3 N–H and O–H groups in total. The molecule has 0 bridgehead atoms. The fraction of sp³-hybridized carbons (Fsp3) is 0.737. The first kappa shape index (κ1) is 17.7. The number of nitrogens with zero attached hydrogens (tertiary/aromatic N) is 3. The van der Waals surface area contributed by atoms with Gasteiger partial charge in [0.05, 0.1) is 5.69 Å². The zero-order valence-electron chi connectivity index (χ0n) is 15.5. The van der Waals surface area contributed by atoms with Gasteiger partial charge in [-0.2, -0.15) is 0 Å². The first-order chi connectivity index (χ1) is 12.8. The Morgan fingerprint density at radius 2 is 1.88 bits per heavy atom. The van der Waals surface area contributed by atoms with Crippen LogP contribution in [0, 0.1) is 0 Å². The van der Waals surface area contributed by atoms with Crippen molar-refractivity contribution in [1.29, 1.82) is 0 Å². The van der Waals surface area contributed by atoms with Crippen molar-refractivity contribution in [3.05, 3.63) is 17.6 Å². The molecule has 0 saturated carbocycles. The van der Waals surface area contributed by atoms with E-state index >= 15 is 0 Å². The molecule has 142 valence electrons. The van der Waals surface area contributed by atoms with Gasteiger partial charge < -0.3 is 16.0 Å². The van der Waals surface area contributed by atoms with Crippen LogP contribution in [0.25, 0.3) is 0 Å². The molecule has 0 unspecified atom stereocenters. The van der Waals surface area contributed by atoms with Crippen molar-refractivity contribution < 1.29 is 4.79 Å². The maximum Gasteiger partial charge on any atom is 0.242 e. The summed E-state index contributed by atoms with van der Waals surface area (Å²) in [6, 6.07) is 0.503. The molecule has 0 spiro atoms. The third kappa shape index (κ3) is 3.99. The van der Waals surface area contributed by atoms with E-state index in [0.29, 0.717) is 6.04 Å². The number of aromatic nitrogens is 2. The summed E-state index contributed by atoms with van der Waals surface area (Å²) in [7, 11) is 0. The topological polar surface area (TPSA) is 82.2 Å². The van der Waals surface area contributed by atoms with Gasteiger partial charge in [-0.1, -0.05) is 0 Å². The van der Waals surface area contributed by atoms with Gasteiger partial charge in [0.2, 0.25) is 5.91 Å². The second kappa shape index (κ2) is 8.31. The van der Waals surface area contributed by atoms with E-state index in [9.17, 15) is 4.79 Å². The number of nitrogens with one attached hydrogen (secondary N) is 3. The van der Waals surface area contributed by atoms with Gasteiger partial charge in [0.1, 0.15) is 18.2 Å². The van der Waals surface area contributed by atoms with Crippen LogP contribution in [0.3, 0.4) is 0 Å². The lowest BCUT2D eigenvalue weighted by Gasteiger charge is -2.33. The Morgan fingerprint density at radius 1 is 1.04 bits per heavy atom. The molecule has 4 rings (SSSR count). The Bertz CT molecular complexity index is 630. The molecule has 1 amide bonds. The maximum atomic E-state index is 12.3. The Hall–Kier alpha value is -1.73. The van der Waals surface area contributed by atoms with Gasteiger partial charge in [0.15, 0.2) is 0 Å². The molecule has 1 aromatic rings. The highest BCUT2D eigenvalue weighted by Gasteiger charge is 2.27. The van der Waals surface area contributed by atoms with Gasteiger partial charge in [-0.3, -0.25) is 9.69 Å². The minimum absolute atomic E-state index is 0.0971. The molecule has 2 fully saturated rings. The molecular formula is C19H30N6O. The normalized spacial score (nSPS) is 25.7. The van der Waals surface area contributed by atoms with E-state index in [1.165, 1.54) is 18.4 Å². The van der Waals surface area contributed by atoms with Crippen molar-refractivity contribution in [3.63, 3.8) is 0 Å². The van der Waals surface area contributed by atoms with Gasteiger partial charge in [-0.05, 0) is 51.6 Å². The van der Waals surface area contributed by atoms with E-state index < -0.39 is 0 Å². The monoisotopic (exact) mass is 358 g/mol. The summed E-state index contributed by atoms with van der Waals surface area (Å²) in [4.78, 5) is 24.0. The zero-order chi connectivity index (χ0) is 17.8. The molecule has 3 aliphatic rings. The lowest BCUT2D eigenvalue weighted by Crippen LogP contribution is -2.44. The lowest BCUT2D eigenvalue weighted by molar-refractivity contribution is -0.121. The average molecular weight is 358 g/mol. The SMILES string of the molecule is O=C1NCCCC[C@H]1Nc1ncnc2c1CCN(C1CCNCC1)CC2. The second-order valence-corrected chi connectivity index (χ2v) is 7.65. The number of hydrogen-bond donors (Lipinski definition) is 3. The van der Waals surface area contributed by atoms with Crippen LogP contribution in [-0.2, 0) is 17.6 Å². The lowest BCUT2D eigenvalue weighted by atomic mass is 10.0. The van der Waals surface area contributed by atoms with E-state index in [1.54, 1.807) is 6.33 Å². The first-order valence-electron chi connectivity index (χ1n) is 10.1. The predicted octanol–water partition coefficient (Wildman–Crippen LogP) is 0.710. The third-order valence-corrected chi connectivity index (χ3v) is 5.99. The molecular weight excluding hydrogens is 328 g/mol. The standard InChI is InChI=1S/C19H30N6O/c26-19-17(3-1-2-8-21-19)24-18-15-6-11-25(14-4-9-20-10-5-14)12-7-16(15)22-13-23-18/h13-14,17,20H,1-12H2,(H,21,26)(H,22,23,24)/t17-/m1/s1. The van der Waals surface area contributed by atoms with Gasteiger partial charge in [-0.25, -0.2) is 9.97 Å². The Labute approximate surface area is 155 Å². The Morgan fingerprint density at radius 3 is 2.77 bits per heavy atom. The fourth-order valence-electron chi connectivity index (χ4n) is 4.45. The highest BCUT2D eigenvalue weighted by atomic mass is 16.2. The van der Waals surface area contributed by atoms with Crippen molar-refractivity contribution >= 4 is 11.7 Å². The fourth-order valence-corrected chi connectivity index (χ4v) is 4.45. The van der Waals surface area contributed by atoms with Crippen molar-refractivity contribution in [3.8, 4) is 0 Å². The van der Waals surface area contributed by atoms with Crippen molar-refractivity contribution in [2.45, 2.75) is 57.0 Å². The number of carbonyl (C=O) groups excluding carboxylic acids is 1. The number of piperidine rings is 1. The molecule has 0 radical (unpaired) electrons. The van der Waals surface area contributed by atoms with Crippen LogP contribution in [0.5, 0.6) is 0 Å². The third-order valence-electron chi connectivity index (χ3n) is 5.99. The number of fused-ring (bicyclic) bond motifs is 1. The van der Waals surface area contributed by atoms with Crippen LogP contribution in [-0.4, -0.2) is 65.6 Å². The average Bonchev–Trinajstić information content (AvgIpc) is 3.02. The molecule has 0 aromatic carbocycles. The Kier molecular flexibility index (Phi) is 5.65. The second-order valence-electron chi connectivity index (χ2n) is 7.65. The summed E-state index contributed by atoms with van der Waals surface area (Å²) < 4.78 is 0. The largest absolute Gasteiger partial charge is 0.358 e. The van der Waals surface area contributed by atoms with Crippen LogP contribution in [0.15, 0.2) is 6.33 Å². The van der Waals surface area contributed by atoms with E-state index in [4.69, 9.17) is 0 Å². The van der Waals surface area contributed by atoms with Crippen molar-refractivity contribution in [1.82, 2.24) is 25.5 Å². The smallest absolute Gasteiger partial charge is 0.242 e. The van der Waals surface area contributed by atoms with Gasteiger partial charge >= 0.3 is 0 Å². The summed E-state index contributed by atoms with van der Waals surface area (Å²) in [6.45, 7) is 5.15. The Balaban J connectivity index is 1.47. The summed E-state index contributed by atoms with van der Waals surface area (Å²) >= 11 is 0. The van der Waals surface area contributed by atoms with Crippen LogP contribution < -0.4 is 16.0 Å². The molecule has 4 heterocycles. The minimum atomic E-state index is -0.180. The number of anilines is 1. The van der Waals surface area contributed by atoms with E-state index in [2.05, 4.69) is 30.8 Å². The maximum absolute atomic E-state index is 12.3. The highest BCUT2D eigenvalue weighted by Crippen LogP contribution is 2.24. The highest BCUT2D eigenvalue weighted by molar-refractivity contribution is 5.84. The van der Waals surface area contributed by atoms with Crippen LogP contribution in [0.4, 0.5) is 5.82 Å². The van der Waals surface area contributed by atoms with E-state index in [0.717, 1.165) is 76.3 Å². The molecule has 2 saturated heterocycles. The molecule has 7 heteroatoms. The van der Waals surface area contributed by atoms with Crippen molar-refractivity contribution in [2.75, 3.05) is 38.0 Å². The van der Waals surface area contributed by atoms with Crippen LogP contribution >= 0.6 is 0 Å². The minimum Gasteiger partial charge on any atom is -0.358 e. The zero-order valence-corrected chi connectivity index (χ0v) is 15.5. The predicted molar refractivity (Wildman–Crippen MR) is 101 cm³/mol. The quantitative estimate of drug-likeness (QED) is 0.738. The van der Waals surface area contributed by atoms with Gasteiger partial charge in [0.25, 0.3) is 0 Å². The van der Waals surface area contributed by atoms with Crippen molar-refractivity contribution in [2.24, 2.45) is 0 Å². The molecule has 26 heavy (non-hydrogen) atoms. The molecule has 1 atom stereocenters. The summed E-state index contributed by atoms with van der Waals surface area (Å²) in [6.07, 6.45) is 9.01.